The van der Waals surface area contributed by atoms with Crippen molar-refractivity contribution in [2.45, 2.75) is 111 Å². The minimum absolute atomic E-state index is 0.616. The fraction of sp³-hybridized carbons (Fsp3) is 0.771. The minimum atomic E-state index is 0.616. The van der Waals surface area contributed by atoms with E-state index >= 15 is 0 Å². The average molecular weight is 491 g/mol. The lowest BCUT2D eigenvalue weighted by Crippen LogP contribution is -2.53. The van der Waals surface area contributed by atoms with Gasteiger partial charge in [0.05, 0.1) is 6.61 Å². The van der Waals surface area contributed by atoms with E-state index in [-0.39, 0.29) is 0 Å². The van der Waals surface area contributed by atoms with E-state index in [0.29, 0.717) is 16.7 Å². The number of hydrogen-bond acceptors (Lipinski definition) is 1. The minimum Gasteiger partial charge on any atom is -0.493 e. The highest BCUT2D eigenvalue weighted by Gasteiger charge is 2.60. The molecule has 1 nitrogen and oxygen atoms in total. The molecule has 4 saturated carbocycles. The van der Waals surface area contributed by atoms with Crippen LogP contribution < -0.4 is 4.74 Å². The molecule has 4 aliphatic rings. The van der Waals surface area contributed by atoms with E-state index < -0.39 is 0 Å². The predicted molar refractivity (Wildman–Crippen MR) is 154 cm³/mol. The second-order valence-electron chi connectivity index (χ2n) is 14.2. The highest BCUT2D eigenvalue weighted by atomic mass is 16.5. The van der Waals surface area contributed by atoms with Crippen LogP contribution in [0.3, 0.4) is 0 Å². The summed E-state index contributed by atoms with van der Waals surface area (Å²) in [5.74, 6) is 7.57. The van der Waals surface area contributed by atoms with Crippen LogP contribution in [-0.2, 0) is 0 Å². The zero-order valence-corrected chi connectivity index (χ0v) is 23.9. The van der Waals surface area contributed by atoms with Crippen molar-refractivity contribution in [2.24, 2.45) is 52.3 Å². The topological polar surface area (TPSA) is 9.23 Å². The maximum Gasteiger partial charge on any atom is 0.119 e. The Morgan fingerprint density at radius 3 is 2.44 bits per heavy atom. The second kappa shape index (κ2) is 10.9. The summed E-state index contributed by atoms with van der Waals surface area (Å²) >= 11 is 0. The lowest BCUT2D eigenvalue weighted by atomic mass is 9.44. The summed E-state index contributed by atoms with van der Waals surface area (Å²) in [6, 6.07) is 8.30. The van der Waals surface area contributed by atoms with Crippen LogP contribution in [0.15, 0.2) is 30.8 Å². The SMILES string of the molecule is C=Cc1ccc(OCC(C)CCC[C@@H](C)[C@H]2CC[C@H]3[C@@H]4CCC5CCCC[C@]5(C)[C@H]4CC[C@]23C)cc1. The molecule has 0 amide bonds. The first-order chi connectivity index (χ1) is 17.3. The zero-order chi connectivity index (χ0) is 25.3. The van der Waals surface area contributed by atoms with Gasteiger partial charge in [-0.3, -0.25) is 0 Å². The summed E-state index contributed by atoms with van der Waals surface area (Å²) in [7, 11) is 0. The Hall–Kier alpha value is -1.24. The molecule has 1 heteroatoms. The molecule has 4 fully saturated rings. The smallest absolute Gasteiger partial charge is 0.119 e. The Morgan fingerprint density at radius 1 is 0.889 bits per heavy atom. The van der Waals surface area contributed by atoms with Gasteiger partial charge in [-0.25, -0.2) is 0 Å². The van der Waals surface area contributed by atoms with Crippen molar-refractivity contribution in [3.8, 4) is 5.75 Å². The van der Waals surface area contributed by atoms with E-state index in [1.807, 2.05) is 6.08 Å². The highest BCUT2D eigenvalue weighted by molar-refractivity contribution is 5.48. The van der Waals surface area contributed by atoms with Gasteiger partial charge in [0.2, 0.25) is 0 Å². The van der Waals surface area contributed by atoms with E-state index in [0.717, 1.165) is 53.4 Å². The van der Waals surface area contributed by atoms with E-state index in [4.69, 9.17) is 4.74 Å². The lowest BCUT2D eigenvalue weighted by Gasteiger charge is -2.61. The van der Waals surface area contributed by atoms with E-state index in [1.54, 1.807) is 12.8 Å². The first-order valence-electron chi connectivity index (χ1n) is 15.7. The Balaban J connectivity index is 1.11. The summed E-state index contributed by atoms with van der Waals surface area (Å²) in [6.45, 7) is 15.1. The van der Waals surface area contributed by atoms with Crippen LogP contribution in [0.2, 0.25) is 0 Å². The normalized spacial score (nSPS) is 39.4. The molecule has 36 heavy (non-hydrogen) atoms. The van der Waals surface area contributed by atoms with Gasteiger partial charge in [0.1, 0.15) is 5.75 Å². The molecule has 4 aliphatic carbocycles. The van der Waals surface area contributed by atoms with E-state index in [9.17, 15) is 0 Å². The third-order valence-electron chi connectivity index (χ3n) is 12.4. The highest BCUT2D eigenvalue weighted by Crippen LogP contribution is 2.68. The van der Waals surface area contributed by atoms with Crippen LogP contribution in [0.5, 0.6) is 5.75 Å². The van der Waals surface area contributed by atoms with Gasteiger partial charge < -0.3 is 4.74 Å². The van der Waals surface area contributed by atoms with E-state index in [2.05, 4.69) is 58.5 Å². The Morgan fingerprint density at radius 2 is 1.67 bits per heavy atom. The molecular formula is C35H54O. The van der Waals surface area contributed by atoms with Gasteiger partial charge in [-0.05, 0) is 128 Å². The molecular weight excluding hydrogens is 436 g/mol. The molecule has 1 aromatic carbocycles. The van der Waals surface area contributed by atoms with Crippen LogP contribution in [0.4, 0.5) is 0 Å². The van der Waals surface area contributed by atoms with Crippen molar-refractivity contribution in [1.82, 2.24) is 0 Å². The molecule has 0 heterocycles. The fourth-order valence-corrected chi connectivity index (χ4v) is 10.3. The van der Waals surface area contributed by atoms with Crippen molar-refractivity contribution in [3.63, 3.8) is 0 Å². The fourth-order valence-electron chi connectivity index (χ4n) is 10.3. The summed E-state index contributed by atoms with van der Waals surface area (Å²) in [4.78, 5) is 0. The molecule has 5 rings (SSSR count). The van der Waals surface area contributed by atoms with Crippen LogP contribution in [0, 0.1) is 52.3 Å². The van der Waals surface area contributed by atoms with Gasteiger partial charge >= 0.3 is 0 Å². The first kappa shape index (κ1) is 26.4. The number of rotatable bonds is 9. The molecule has 1 aromatic rings. The van der Waals surface area contributed by atoms with E-state index in [1.165, 1.54) is 70.6 Å². The second-order valence-corrected chi connectivity index (χ2v) is 14.2. The van der Waals surface area contributed by atoms with Gasteiger partial charge in [0, 0.05) is 0 Å². The maximum atomic E-state index is 6.07. The molecule has 0 radical (unpaired) electrons. The molecule has 2 unspecified atom stereocenters. The van der Waals surface area contributed by atoms with Gasteiger partial charge in [-0.2, -0.15) is 0 Å². The number of benzene rings is 1. The Labute approximate surface area is 222 Å². The molecule has 0 aromatic heterocycles. The standard InChI is InChI=1S/C35H54O/c1-6-27-13-16-29(17-14-27)36-24-25(2)10-9-11-26(3)31-19-20-32-30-18-15-28-12-7-8-22-34(28,4)33(30)21-23-35(31,32)5/h6,13-14,16-17,25-26,28,30-33H,1,7-12,15,18-24H2,2-5H3/t25?,26-,28?,30+,31-,32+,33+,34+,35-/m1/s1. The Kier molecular flexibility index (Phi) is 7.96. The van der Waals surface area contributed by atoms with Crippen LogP contribution in [-0.4, -0.2) is 6.61 Å². The molecule has 0 bridgehead atoms. The lowest BCUT2D eigenvalue weighted by molar-refractivity contribution is -0.114. The molecule has 0 N–H and O–H groups in total. The summed E-state index contributed by atoms with van der Waals surface area (Å²) < 4.78 is 6.07. The van der Waals surface area contributed by atoms with Crippen molar-refractivity contribution < 1.29 is 4.74 Å². The molecule has 9 atom stereocenters. The summed E-state index contributed by atoms with van der Waals surface area (Å²) in [5, 5.41) is 0. The molecule has 0 saturated heterocycles. The van der Waals surface area contributed by atoms with Crippen molar-refractivity contribution in [2.75, 3.05) is 6.61 Å². The molecule has 0 aliphatic heterocycles. The number of hydrogen-bond donors (Lipinski definition) is 0. The summed E-state index contributed by atoms with van der Waals surface area (Å²) in [5.41, 5.74) is 2.44. The van der Waals surface area contributed by atoms with Gasteiger partial charge in [-0.1, -0.05) is 78.2 Å². The first-order valence-corrected chi connectivity index (χ1v) is 15.7. The van der Waals surface area contributed by atoms with Gasteiger partial charge in [-0.15, -0.1) is 0 Å². The van der Waals surface area contributed by atoms with Crippen molar-refractivity contribution >= 4 is 6.08 Å². The molecule has 200 valence electrons. The van der Waals surface area contributed by atoms with Crippen LogP contribution in [0.25, 0.3) is 6.08 Å². The number of fused-ring (bicyclic) bond motifs is 5. The molecule has 0 spiro atoms. The van der Waals surface area contributed by atoms with Gasteiger partial charge in [0.25, 0.3) is 0 Å². The van der Waals surface area contributed by atoms with Crippen LogP contribution >= 0.6 is 0 Å². The monoisotopic (exact) mass is 490 g/mol. The number of ether oxygens (including phenoxy) is 1. The van der Waals surface area contributed by atoms with Gasteiger partial charge in [0.15, 0.2) is 0 Å². The predicted octanol–water partition coefficient (Wildman–Crippen LogP) is 10.2. The maximum absolute atomic E-state index is 6.07. The third-order valence-corrected chi connectivity index (χ3v) is 12.4. The largest absolute Gasteiger partial charge is 0.493 e. The summed E-state index contributed by atoms with van der Waals surface area (Å²) in [6.07, 6.45) is 21.2. The zero-order valence-electron chi connectivity index (χ0n) is 23.9. The van der Waals surface area contributed by atoms with Crippen LogP contribution in [0.1, 0.15) is 117 Å². The van der Waals surface area contributed by atoms with Crippen molar-refractivity contribution in [3.05, 3.63) is 36.4 Å². The third kappa shape index (κ3) is 4.94. The average Bonchev–Trinajstić information content (AvgIpc) is 3.24. The Bertz CT molecular complexity index is 871. The van der Waals surface area contributed by atoms with Crippen molar-refractivity contribution in [1.29, 1.82) is 0 Å². The quantitative estimate of drug-likeness (QED) is 0.334.